The third kappa shape index (κ3) is 4.08. The highest BCUT2D eigenvalue weighted by Gasteiger charge is 2.13. The minimum Gasteiger partial charge on any atom is -0.440 e. The number of oxazole rings is 1. The van der Waals surface area contributed by atoms with Crippen molar-refractivity contribution in [1.29, 1.82) is 0 Å². The zero-order valence-electron chi connectivity index (χ0n) is 12.2. The molecule has 0 bridgehead atoms. The Morgan fingerprint density at radius 2 is 2.25 bits per heavy atom. The van der Waals surface area contributed by atoms with Crippen LogP contribution in [0.4, 0.5) is 0 Å². The Morgan fingerprint density at radius 3 is 2.90 bits per heavy atom. The quantitative estimate of drug-likeness (QED) is 0.763. The fourth-order valence-corrected chi connectivity index (χ4v) is 3.12. The SMILES string of the molecule is Cc1csc(-c2cnc(CCCNCC(C)C)o2)c1Cl. The molecule has 0 radical (unpaired) electrons. The van der Waals surface area contributed by atoms with E-state index in [1.807, 2.05) is 12.3 Å². The minimum absolute atomic E-state index is 0.688. The monoisotopic (exact) mass is 312 g/mol. The number of nitrogens with one attached hydrogen (secondary N) is 1. The van der Waals surface area contributed by atoms with Crippen LogP contribution in [0.2, 0.25) is 5.02 Å². The number of thiophene rings is 1. The van der Waals surface area contributed by atoms with E-state index in [0.717, 1.165) is 53.0 Å². The van der Waals surface area contributed by atoms with Crippen molar-refractivity contribution in [2.45, 2.75) is 33.6 Å². The van der Waals surface area contributed by atoms with Crippen LogP contribution < -0.4 is 5.32 Å². The Morgan fingerprint density at radius 1 is 1.45 bits per heavy atom. The van der Waals surface area contributed by atoms with Gasteiger partial charge in [0, 0.05) is 6.42 Å². The highest BCUT2D eigenvalue weighted by Crippen LogP contribution is 2.36. The number of hydrogen-bond acceptors (Lipinski definition) is 4. The lowest BCUT2D eigenvalue weighted by Crippen LogP contribution is -2.21. The van der Waals surface area contributed by atoms with Gasteiger partial charge in [-0.05, 0) is 43.3 Å². The van der Waals surface area contributed by atoms with Crippen LogP contribution >= 0.6 is 22.9 Å². The highest BCUT2D eigenvalue weighted by atomic mass is 35.5. The molecule has 0 fully saturated rings. The molecule has 2 aromatic rings. The van der Waals surface area contributed by atoms with E-state index >= 15 is 0 Å². The van der Waals surface area contributed by atoms with Gasteiger partial charge in [-0.15, -0.1) is 11.3 Å². The summed E-state index contributed by atoms with van der Waals surface area (Å²) in [5.74, 6) is 2.25. The summed E-state index contributed by atoms with van der Waals surface area (Å²) in [4.78, 5) is 5.30. The van der Waals surface area contributed by atoms with Gasteiger partial charge >= 0.3 is 0 Å². The van der Waals surface area contributed by atoms with Crippen molar-refractivity contribution in [2.24, 2.45) is 5.92 Å². The van der Waals surface area contributed by atoms with Crippen molar-refractivity contribution in [3.8, 4) is 10.6 Å². The van der Waals surface area contributed by atoms with Gasteiger partial charge in [-0.2, -0.15) is 0 Å². The Labute approximate surface area is 129 Å². The van der Waals surface area contributed by atoms with Gasteiger partial charge in [0.05, 0.1) is 16.1 Å². The fourth-order valence-electron chi connectivity index (χ4n) is 1.88. The maximum Gasteiger partial charge on any atom is 0.194 e. The maximum atomic E-state index is 6.24. The van der Waals surface area contributed by atoms with E-state index in [1.165, 1.54) is 0 Å². The first-order chi connectivity index (χ1) is 9.58. The van der Waals surface area contributed by atoms with Gasteiger partial charge in [-0.1, -0.05) is 25.4 Å². The van der Waals surface area contributed by atoms with Gasteiger partial charge in [0.2, 0.25) is 0 Å². The van der Waals surface area contributed by atoms with Gasteiger partial charge < -0.3 is 9.73 Å². The molecule has 0 unspecified atom stereocenters. The molecule has 0 saturated heterocycles. The molecule has 0 aliphatic rings. The number of rotatable bonds is 7. The zero-order chi connectivity index (χ0) is 14.5. The molecule has 0 spiro atoms. The smallest absolute Gasteiger partial charge is 0.194 e. The second-order valence-corrected chi connectivity index (χ2v) is 6.64. The lowest BCUT2D eigenvalue weighted by Gasteiger charge is -2.05. The molecule has 2 heterocycles. The fraction of sp³-hybridized carbons (Fsp3) is 0.533. The van der Waals surface area contributed by atoms with Crippen molar-refractivity contribution in [2.75, 3.05) is 13.1 Å². The second kappa shape index (κ2) is 7.25. The van der Waals surface area contributed by atoms with Crippen molar-refractivity contribution in [3.05, 3.63) is 28.1 Å². The van der Waals surface area contributed by atoms with Gasteiger partial charge in [-0.25, -0.2) is 4.98 Å². The van der Waals surface area contributed by atoms with E-state index in [9.17, 15) is 0 Å². The molecule has 0 aromatic carbocycles. The molecule has 1 N–H and O–H groups in total. The Kier molecular flexibility index (Phi) is 5.64. The number of nitrogens with zero attached hydrogens (tertiary/aromatic N) is 1. The van der Waals surface area contributed by atoms with Crippen LogP contribution in [0.1, 0.15) is 31.7 Å². The van der Waals surface area contributed by atoms with E-state index in [0.29, 0.717) is 5.92 Å². The van der Waals surface area contributed by atoms with Crippen molar-refractivity contribution in [3.63, 3.8) is 0 Å². The summed E-state index contributed by atoms with van der Waals surface area (Å²) in [6.45, 7) is 8.47. The van der Waals surface area contributed by atoms with Crippen molar-refractivity contribution in [1.82, 2.24) is 10.3 Å². The Hall–Kier alpha value is -0.840. The lowest BCUT2D eigenvalue weighted by molar-refractivity contribution is 0.484. The molecule has 2 rings (SSSR count). The minimum atomic E-state index is 0.688. The molecule has 20 heavy (non-hydrogen) atoms. The molecule has 110 valence electrons. The van der Waals surface area contributed by atoms with E-state index < -0.39 is 0 Å². The van der Waals surface area contributed by atoms with E-state index in [4.69, 9.17) is 16.0 Å². The zero-order valence-corrected chi connectivity index (χ0v) is 13.8. The molecule has 3 nitrogen and oxygen atoms in total. The number of halogens is 1. The molecule has 0 aliphatic carbocycles. The summed E-state index contributed by atoms with van der Waals surface area (Å²) in [5, 5.41) is 6.23. The largest absolute Gasteiger partial charge is 0.440 e. The van der Waals surface area contributed by atoms with Crippen LogP contribution in [-0.4, -0.2) is 18.1 Å². The van der Waals surface area contributed by atoms with Crippen LogP contribution in [0.3, 0.4) is 0 Å². The van der Waals surface area contributed by atoms with Crippen molar-refractivity contribution >= 4 is 22.9 Å². The lowest BCUT2D eigenvalue weighted by atomic mass is 10.2. The normalized spacial score (nSPS) is 11.4. The molecule has 2 aromatic heterocycles. The summed E-state index contributed by atoms with van der Waals surface area (Å²) in [5.41, 5.74) is 1.09. The van der Waals surface area contributed by atoms with Gasteiger partial charge in [-0.3, -0.25) is 0 Å². The van der Waals surface area contributed by atoms with Crippen LogP contribution in [0.15, 0.2) is 16.0 Å². The maximum absolute atomic E-state index is 6.24. The number of aryl methyl sites for hydroxylation is 2. The Bertz CT molecular complexity index is 548. The third-order valence-electron chi connectivity index (χ3n) is 2.97. The summed E-state index contributed by atoms with van der Waals surface area (Å²) in [7, 11) is 0. The van der Waals surface area contributed by atoms with E-state index in [1.54, 1.807) is 17.5 Å². The Balaban J connectivity index is 1.85. The van der Waals surface area contributed by atoms with E-state index in [2.05, 4.69) is 24.1 Å². The van der Waals surface area contributed by atoms with Gasteiger partial charge in [0.15, 0.2) is 11.7 Å². The standard InChI is InChI=1S/C15H21ClN2OS/c1-10(2)7-17-6-4-5-13-18-8-12(19-13)15-14(16)11(3)9-20-15/h8-10,17H,4-7H2,1-3H3. The van der Waals surface area contributed by atoms with E-state index in [-0.39, 0.29) is 0 Å². The summed E-state index contributed by atoms with van der Waals surface area (Å²) in [6, 6.07) is 0. The highest BCUT2D eigenvalue weighted by molar-refractivity contribution is 7.14. The molecule has 0 aliphatic heterocycles. The summed E-state index contributed by atoms with van der Waals surface area (Å²) < 4.78 is 5.78. The first-order valence-electron chi connectivity index (χ1n) is 6.97. The molecule has 0 atom stereocenters. The molecule has 5 heteroatoms. The van der Waals surface area contributed by atoms with Gasteiger partial charge in [0.1, 0.15) is 0 Å². The van der Waals surface area contributed by atoms with Crippen LogP contribution in [0.25, 0.3) is 10.6 Å². The van der Waals surface area contributed by atoms with Gasteiger partial charge in [0.25, 0.3) is 0 Å². The molecule has 0 saturated carbocycles. The second-order valence-electron chi connectivity index (χ2n) is 5.38. The van der Waals surface area contributed by atoms with Crippen LogP contribution in [0, 0.1) is 12.8 Å². The average molecular weight is 313 g/mol. The number of aromatic nitrogens is 1. The average Bonchev–Trinajstić information content (AvgIpc) is 2.97. The molecular weight excluding hydrogens is 292 g/mol. The van der Waals surface area contributed by atoms with Crippen molar-refractivity contribution < 1.29 is 4.42 Å². The van der Waals surface area contributed by atoms with Crippen LogP contribution in [-0.2, 0) is 6.42 Å². The first-order valence-corrected chi connectivity index (χ1v) is 8.23. The predicted molar refractivity (Wildman–Crippen MR) is 85.6 cm³/mol. The molecular formula is C15H21ClN2OS. The van der Waals surface area contributed by atoms with Crippen LogP contribution in [0.5, 0.6) is 0 Å². The first kappa shape index (κ1) is 15.5. The summed E-state index contributed by atoms with van der Waals surface area (Å²) >= 11 is 7.84. The summed E-state index contributed by atoms with van der Waals surface area (Å²) in [6.07, 6.45) is 3.66. The topological polar surface area (TPSA) is 38.1 Å². The third-order valence-corrected chi connectivity index (χ3v) is 4.68. The number of hydrogen-bond donors (Lipinski definition) is 1. The molecule has 0 amide bonds. The predicted octanol–water partition coefficient (Wildman–Crippen LogP) is 4.54.